The molecule has 0 spiro atoms. The summed E-state index contributed by atoms with van der Waals surface area (Å²) in [6.07, 6.45) is 2.24. The molecule has 0 fully saturated rings. The molecule has 0 saturated carbocycles. The second kappa shape index (κ2) is 6.27. The van der Waals surface area contributed by atoms with E-state index in [0.717, 1.165) is 31.5 Å². The molecule has 1 heterocycles. The van der Waals surface area contributed by atoms with E-state index in [9.17, 15) is 4.39 Å². The molecule has 2 nitrogen and oxygen atoms in total. The largest absolute Gasteiger partial charge is 0.383 e. The van der Waals surface area contributed by atoms with Crippen LogP contribution in [0.25, 0.3) is 0 Å². The van der Waals surface area contributed by atoms with Crippen LogP contribution in [0.1, 0.15) is 17.5 Å². The number of anilines is 1. The minimum absolute atomic E-state index is 0.173. The second-order valence-corrected chi connectivity index (χ2v) is 5.77. The van der Waals surface area contributed by atoms with Crippen molar-refractivity contribution in [1.29, 1.82) is 0 Å². The molecular formula is C18H21FN2. The average Bonchev–Trinajstić information content (AvgIpc) is 2.72. The number of aryl methyl sites for hydroxylation is 1. The number of rotatable bonds is 3. The van der Waals surface area contributed by atoms with Crippen LogP contribution in [0.4, 0.5) is 10.1 Å². The van der Waals surface area contributed by atoms with E-state index in [4.69, 9.17) is 0 Å². The third-order valence-corrected chi connectivity index (χ3v) is 4.26. The van der Waals surface area contributed by atoms with Gasteiger partial charge in [-0.2, -0.15) is 0 Å². The van der Waals surface area contributed by atoms with Crippen molar-refractivity contribution in [3.63, 3.8) is 0 Å². The molecule has 0 aliphatic carbocycles. The van der Waals surface area contributed by atoms with Crippen LogP contribution in [0.5, 0.6) is 0 Å². The van der Waals surface area contributed by atoms with Gasteiger partial charge in [0.15, 0.2) is 0 Å². The van der Waals surface area contributed by atoms with Gasteiger partial charge in [-0.1, -0.05) is 30.3 Å². The van der Waals surface area contributed by atoms with Gasteiger partial charge in [0, 0.05) is 24.8 Å². The fourth-order valence-electron chi connectivity index (χ4n) is 2.95. The van der Waals surface area contributed by atoms with Crippen LogP contribution in [-0.4, -0.2) is 24.5 Å². The van der Waals surface area contributed by atoms with E-state index in [1.54, 1.807) is 0 Å². The quantitative estimate of drug-likeness (QED) is 0.925. The van der Waals surface area contributed by atoms with Gasteiger partial charge in [-0.05, 0) is 49.2 Å². The Morgan fingerprint density at radius 3 is 2.71 bits per heavy atom. The maximum absolute atomic E-state index is 13.0. The zero-order valence-electron chi connectivity index (χ0n) is 12.3. The summed E-state index contributed by atoms with van der Waals surface area (Å²) in [5, 5.41) is 3.55. The van der Waals surface area contributed by atoms with Crippen molar-refractivity contribution in [1.82, 2.24) is 4.90 Å². The summed E-state index contributed by atoms with van der Waals surface area (Å²) in [5.41, 5.74) is 3.81. The van der Waals surface area contributed by atoms with E-state index in [2.05, 4.69) is 41.5 Å². The van der Waals surface area contributed by atoms with E-state index in [1.807, 2.05) is 12.1 Å². The highest BCUT2D eigenvalue weighted by Gasteiger charge is 2.19. The predicted molar refractivity (Wildman–Crippen MR) is 84.9 cm³/mol. The molecule has 21 heavy (non-hydrogen) atoms. The molecule has 0 aromatic heterocycles. The Morgan fingerprint density at radius 2 is 1.90 bits per heavy atom. The molecule has 1 atom stereocenters. The zero-order chi connectivity index (χ0) is 14.7. The lowest BCUT2D eigenvalue weighted by Gasteiger charge is -2.27. The van der Waals surface area contributed by atoms with Crippen LogP contribution in [0.15, 0.2) is 48.5 Å². The Kier molecular flexibility index (Phi) is 4.20. The number of nitrogens with zero attached hydrogens (tertiary/aromatic N) is 1. The maximum Gasteiger partial charge on any atom is 0.123 e. The van der Waals surface area contributed by atoms with Crippen LogP contribution in [0.2, 0.25) is 0 Å². The molecule has 1 aliphatic rings. The Bertz CT molecular complexity index is 567. The van der Waals surface area contributed by atoms with Crippen molar-refractivity contribution >= 4 is 5.69 Å². The SMILES string of the molecule is CN(Cc1ccc(F)cc1)C1CCc2ccccc2NC1. The van der Waals surface area contributed by atoms with E-state index in [1.165, 1.54) is 23.4 Å². The van der Waals surface area contributed by atoms with Crippen molar-refractivity contribution in [2.24, 2.45) is 0 Å². The molecule has 0 saturated heterocycles. The minimum Gasteiger partial charge on any atom is -0.383 e. The number of hydrogen-bond donors (Lipinski definition) is 1. The van der Waals surface area contributed by atoms with Gasteiger partial charge in [-0.15, -0.1) is 0 Å². The molecule has 2 aromatic rings. The Labute approximate surface area is 125 Å². The molecular weight excluding hydrogens is 263 g/mol. The highest BCUT2D eigenvalue weighted by atomic mass is 19.1. The maximum atomic E-state index is 13.0. The highest BCUT2D eigenvalue weighted by molar-refractivity contribution is 5.52. The summed E-state index contributed by atoms with van der Waals surface area (Å²) in [6.45, 7) is 1.80. The van der Waals surface area contributed by atoms with Crippen molar-refractivity contribution in [2.75, 3.05) is 18.9 Å². The Balaban J connectivity index is 1.64. The number of benzene rings is 2. The van der Waals surface area contributed by atoms with Crippen molar-refractivity contribution in [3.8, 4) is 0 Å². The Hall–Kier alpha value is -1.87. The molecule has 110 valence electrons. The first-order valence-electron chi connectivity index (χ1n) is 7.49. The van der Waals surface area contributed by atoms with Gasteiger partial charge >= 0.3 is 0 Å². The Morgan fingerprint density at radius 1 is 1.14 bits per heavy atom. The fraction of sp³-hybridized carbons (Fsp3) is 0.333. The number of para-hydroxylation sites is 1. The molecule has 0 amide bonds. The van der Waals surface area contributed by atoms with E-state index in [-0.39, 0.29) is 5.82 Å². The van der Waals surface area contributed by atoms with Crippen molar-refractivity contribution < 1.29 is 4.39 Å². The lowest BCUT2D eigenvalue weighted by atomic mass is 10.0. The molecule has 1 N–H and O–H groups in total. The van der Waals surface area contributed by atoms with Crippen LogP contribution in [-0.2, 0) is 13.0 Å². The van der Waals surface area contributed by atoms with Gasteiger partial charge in [-0.25, -0.2) is 4.39 Å². The van der Waals surface area contributed by atoms with Crippen molar-refractivity contribution in [3.05, 3.63) is 65.5 Å². The van der Waals surface area contributed by atoms with E-state index >= 15 is 0 Å². The standard InChI is InChI=1S/C18H21FN2/c1-21(13-14-6-9-16(19)10-7-14)17-11-8-15-4-2-3-5-18(15)20-12-17/h2-7,9-10,17,20H,8,11-13H2,1H3. The molecule has 3 heteroatoms. The predicted octanol–water partition coefficient (Wildman–Crippen LogP) is 3.68. The number of likely N-dealkylation sites (N-methyl/N-ethyl adjacent to an activating group) is 1. The summed E-state index contributed by atoms with van der Waals surface area (Å²) < 4.78 is 13.0. The second-order valence-electron chi connectivity index (χ2n) is 5.77. The number of fused-ring (bicyclic) bond motifs is 1. The zero-order valence-corrected chi connectivity index (χ0v) is 12.3. The van der Waals surface area contributed by atoms with Gasteiger partial charge < -0.3 is 5.32 Å². The topological polar surface area (TPSA) is 15.3 Å². The fourth-order valence-corrected chi connectivity index (χ4v) is 2.95. The summed E-state index contributed by atoms with van der Waals surface area (Å²) in [7, 11) is 2.14. The summed E-state index contributed by atoms with van der Waals surface area (Å²) in [4.78, 5) is 2.35. The highest BCUT2D eigenvalue weighted by Crippen LogP contribution is 2.23. The van der Waals surface area contributed by atoms with Crippen LogP contribution in [0.3, 0.4) is 0 Å². The van der Waals surface area contributed by atoms with Gasteiger partial charge in [0.2, 0.25) is 0 Å². The third kappa shape index (κ3) is 3.42. The average molecular weight is 284 g/mol. The summed E-state index contributed by atoms with van der Waals surface area (Å²) in [5.74, 6) is -0.173. The van der Waals surface area contributed by atoms with Gasteiger partial charge in [-0.3, -0.25) is 4.90 Å². The number of hydrogen-bond acceptors (Lipinski definition) is 2. The molecule has 1 unspecified atom stereocenters. The molecule has 2 aromatic carbocycles. The smallest absolute Gasteiger partial charge is 0.123 e. The van der Waals surface area contributed by atoms with Gasteiger partial charge in [0.1, 0.15) is 5.82 Å². The molecule has 0 radical (unpaired) electrons. The first kappa shape index (κ1) is 14.1. The van der Waals surface area contributed by atoms with E-state index in [0.29, 0.717) is 6.04 Å². The van der Waals surface area contributed by atoms with Crippen LogP contribution < -0.4 is 5.32 Å². The minimum atomic E-state index is -0.173. The summed E-state index contributed by atoms with van der Waals surface area (Å²) >= 11 is 0. The van der Waals surface area contributed by atoms with Crippen LogP contribution >= 0.6 is 0 Å². The lowest BCUT2D eigenvalue weighted by molar-refractivity contribution is 0.233. The number of halogens is 1. The molecule has 0 bridgehead atoms. The van der Waals surface area contributed by atoms with Gasteiger partial charge in [0.25, 0.3) is 0 Å². The summed E-state index contributed by atoms with van der Waals surface area (Å²) in [6, 6.07) is 15.8. The number of nitrogens with one attached hydrogen (secondary N) is 1. The van der Waals surface area contributed by atoms with Crippen LogP contribution in [0, 0.1) is 5.82 Å². The first-order valence-corrected chi connectivity index (χ1v) is 7.49. The molecule has 1 aliphatic heterocycles. The van der Waals surface area contributed by atoms with Crippen molar-refractivity contribution in [2.45, 2.75) is 25.4 Å². The molecule has 3 rings (SSSR count). The normalized spacial score (nSPS) is 18.0. The monoisotopic (exact) mass is 284 g/mol. The lowest BCUT2D eigenvalue weighted by Crippen LogP contribution is -2.36. The van der Waals surface area contributed by atoms with Gasteiger partial charge in [0.05, 0.1) is 0 Å². The first-order chi connectivity index (χ1) is 10.2. The third-order valence-electron chi connectivity index (χ3n) is 4.26. The van der Waals surface area contributed by atoms with E-state index < -0.39 is 0 Å².